The van der Waals surface area contributed by atoms with Crippen molar-refractivity contribution < 1.29 is 4.79 Å². The number of amides is 1. The molecular formula is C26H23N3O. The van der Waals surface area contributed by atoms with Gasteiger partial charge in [0.15, 0.2) is 0 Å². The van der Waals surface area contributed by atoms with E-state index in [9.17, 15) is 4.79 Å². The fourth-order valence-corrected chi connectivity index (χ4v) is 4.48. The first-order valence-electron chi connectivity index (χ1n) is 10.3. The van der Waals surface area contributed by atoms with Crippen LogP contribution in [0.4, 0.5) is 5.69 Å². The number of carbonyl (C=O) groups is 1. The molecule has 2 N–H and O–H groups in total. The van der Waals surface area contributed by atoms with Crippen molar-refractivity contribution in [2.45, 2.75) is 18.4 Å². The van der Waals surface area contributed by atoms with Crippen LogP contribution in [0.25, 0.3) is 0 Å². The lowest BCUT2D eigenvalue weighted by atomic mass is 9.77. The number of benzene rings is 3. The molecule has 148 valence electrons. The number of hydrogen-bond acceptors (Lipinski definition) is 3. The molecule has 5 rings (SSSR count). The van der Waals surface area contributed by atoms with E-state index in [4.69, 9.17) is 0 Å². The maximum Gasteiger partial charge on any atom is 0.271 e. The summed E-state index contributed by atoms with van der Waals surface area (Å²) in [5.41, 5.74) is 7.92. The zero-order valence-electron chi connectivity index (χ0n) is 16.5. The Hall–Kier alpha value is -3.66. The molecule has 0 bridgehead atoms. The first-order chi connectivity index (χ1) is 14.8. The fourth-order valence-electron chi connectivity index (χ4n) is 4.48. The van der Waals surface area contributed by atoms with Gasteiger partial charge in [-0.05, 0) is 47.2 Å². The number of hydrazone groups is 1. The average Bonchev–Trinajstić information content (AvgIpc) is 3.30. The summed E-state index contributed by atoms with van der Waals surface area (Å²) in [7, 11) is 0. The Kier molecular flexibility index (Phi) is 4.89. The summed E-state index contributed by atoms with van der Waals surface area (Å²) in [5.74, 6) is 0.730. The normalized spacial score (nSPS) is 21.7. The molecule has 1 heterocycles. The van der Waals surface area contributed by atoms with Gasteiger partial charge in [0.2, 0.25) is 0 Å². The van der Waals surface area contributed by atoms with Gasteiger partial charge in [-0.3, -0.25) is 4.79 Å². The van der Waals surface area contributed by atoms with E-state index in [-0.39, 0.29) is 11.9 Å². The number of anilines is 1. The summed E-state index contributed by atoms with van der Waals surface area (Å²) in [6.45, 7) is 0. The molecule has 3 atom stereocenters. The molecule has 1 aliphatic carbocycles. The predicted molar refractivity (Wildman–Crippen MR) is 121 cm³/mol. The van der Waals surface area contributed by atoms with Gasteiger partial charge in [0.05, 0.1) is 12.3 Å². The number of carbonyl (C=O) groups excluding carboxylic acids is 1. The quantitative estimate of drug-likeness (QED) is 0.360. The van der Waals surface area contributed by atoms with E-state index in [2.05, 4.69) is 64.4 Å². The molecule has 0 radical (unpaired) electrons. The largest absolute Gasteiger partial charge is 0.378 e. The van der Waals surface area contributed by atoms with Gasteiger partial charge in [-0.25, -0.2) is 5.43 Å². The number of nitrogens with zero attached hydrogens (tertiary/aromatic N) is 1. The molecule has 0 unspecified atom stereocenters. The molecule has 1 aliphatic heterocycles. The van der Waals surface area contributed by atoms with Crippen LogP contribution < -0.4 is 10.7 Å². The predicted octanol–water partition coefficient (Wildman–Crippen LogP) is 5.28. The number of hydrogen-bond donors (Lipinski definition) is 2. The summed E-state index contributed by atoms with van der Waals surface area (Å²) in [6.07, 6.45) is 7.33. The standard InChI is InChI=1S/C26H23N3O/c30-26(29-27-17-18-7-2-1-3-8-18)20-15-13-19(14-16-20)25-23-11-6-10-21(23)22-9-4-5-12-24(22)28-25/h1-10,12-17,21,23,25,28H,11H2,(H,29,30)/b27-17-/t21-,23-,25-/m1/s1. The van der Waals surface area contributed by atoms with E-state index in [0.29, 0.717) is 17.4 Å². The Morgan fingerprint density at radius 2 is 1.73 bits per heavy atom. The van der Waals surface area contributed by atoms with Crippen molar-refractivity contribution in [1.82, 2.24) is 5.43 Å². The minimum atomic E-state index is -0.212. The molecule has 0 aromatic heterocycles. The number of allylic oxidation sites excluding steroid dienone is 2. The van der Waals surface area contributed by atoms with Crippen LogP contribution in [-0.4, -0.2) is 12.1 Å². The molecular weight excluding hydrogens is 370 g/mol. The molecule has 0 saturated heterocycles. The molecule has 1 amide bonds. The van der Waals surface area contributed by atoms with Gasteiger partial charge in [-0.1, -0.05) is 72.8 Å². The van der Waals surface area contributed by atoms with Crippen molar-refractivity contribution >= 4 is 17.8 Å². The number of para-hydroxylation sites is 1. The highest BCUT2D eigenvalue weighted by Gasteiger charge is 2.37. The van der Waals surface area contributed by atoms with Crippen molar-refractivity contribution in [2.75, 3.05) is 5.32 Å². The molecule has 3 aromatic rings. The Morgan fingerprint density at radius 1 is 0.967 bits per heavy atom. The van der Waals surface area contributed by atoms with E-state index in [0.717, 1.165) is 12.0 Å². The van der Waals surface area contributed by atoms with Gasteiger partial charge in [0, 0.05) is 17.2 Å². The van der Waals surface area contributed by atoms with E-state index in [1.165, 1.54) is 16.8 Å². The van der Waals surface area contributed by atoms with Crippen molar-refractivity contribution in [1.29, 1.82) is 0 Å². The van der Waals surface area contributed by atoms with Crippen molar-refractivity contribution in [3.63, 3.8) is 0 Å². The summed E-state index contributed by atoms with van der Waals surface area (Å²) < 4.78 is 0. The second kappa shape index (κ2) is 7.99. The van der Waals surface area contributed by atoms with Crippen molar-refractivity contribution in [2.24, 2.45) is 11.0 Å². The van der Waals surface area contributed by atoms with E-state index in [1.54, 1.807) is 6.21 Å². The Balaban J connectivity index is 1.30. The third-order valence-corrected chi connectivity index (χ3v) is 5.98. The SMILES string of the molecule is O=C(N/N=C\c1ccccc1)c1ccc([C@H]2Nc3ccccc3[C@H]3C=CC[C@H]32)cc1. The summed E-state index contributed by atoms with van der Waals surface area (Å²) in [6, 6.07) is 26.3. The molecule has 3 aromatic carbocycles. The first kappa shape index (κ1) is 18.4. The molecule has 4 nitrogen and oxygen atoms in total. The van der Waals surface area contributed by atoms with Gasteiger partial charge in [-0.15, -0.1) is 0 Å². The number of nitrogens with one attached hydrogen (secondary N) is 2. The van der Waals surface area contributed by atoms with Crippen LogP contribution in [0.2, 0.25) is 0 Å². The topological polar surface area (TPSA) is 53.5 Å². The van der Waals surface area contributed by atoms with Crippen LogP contribution in [0.5, 0.6) is 0 Å². The minimum Gasteiger partial charge on any atom is -0.378 e. The zero-order chi connectivity index (χ0) is 20.3. The van der Waals surface area contributed by atoms with Gasteiger partial charge >= 0.3 is 0 Å². The lowest BCUT2D eigenvalue weighted by Gasteiger charge is -2.37. The number of fused-ring (bicyclic) bond motifs is 3. The third kappa shape index (κ3) is 3.52. The first-order valence-corrected chi connectivity index (χ1v) is 10.3. The van der Waals surface area contributed by atoms with E-state index in [1.807, 2.05) is 42.5 Å². The van der Waals surface area contributed by atoms with Crippen LogP contribution in [0.1, 0.15) is 45.4 Å². The molecule has 4 heteroatoms. The van der Waals surface area contributed by atoms with Gasteiger partial charge in [0.25, 0.3) is 5.91 Å². The van der Waals surface area contributed by atoms with Crippen LogP contribution >= 0.6 is 0 Å². The Bertz CT molecular complexity index is 1100. The highest BCUT2D eigenvalue weighted by molar-refractivity contribution is 5.94. The van der Waals surface area contributed by atoms with Crippen LogP contribution in [0, 0.1) is 5.92 Å². The third-order valence-electron chi connectivity index (χ3n) is 5.98. The molecule has 0 spiro atoms. The van der Waals surface area contributed by atoms with Gasteiger partial charge in [0.1, 0.15) is 0 Å². The van der Waals surface area contributed by atoms with Crippen molar-refractivity contribution in [3.05, 3.63) is 113 Å². The van der Waals surface area contributed by atoms with Crippen molar-refractivity contribution in [3.8, 4) is 0 Å². The second-order valence-electron chi connectivity index (χ2n) is 7.79. The molecule has 30 heavy (non-hydrogen) atoms. The average molecular weight is 393 g/mol. The molecule has 2 aliphatic rings. The minimum absolute atomic E-state index is 0.212. The van der Waals surface area contributed by atoms with Gasteiger partial charge in [-0.2, -0.15) is 5.10 Å². The lowest BCUT2D eigenvalue weighted by molar-refractivity contribution is 0.0955. The van der Waals surface area contributed by atoms with Crippen LogP contribution in [0.15, 0.2) is 96.1 Å². The summed E-state index contributed by atoms with van der Waals surface area (Å²) in [5, 5.41) is 7.78. The lowest BCUT2D eigenvalue weighted by Crippen LogP contribution is -2.29. The fraction of sp³-hybridized carbons (Fsp3) is 0.154. The highest BCUT2D eigenvalue weighted by Crippen LogP contribution is 2.49. The Labute approximate surface area is 176 Å². The van der Waals surface area contributed by atoms with E-state index < -0.39 is 0 Å². The second-order valence-corrected chi connectivity index (χ2v) is 7.79. The monoisotopic (exact) mass is 393 g/mol. The highest BCUT2D eigenvalue weighted by atomic mass is 16.2. The molecule has 0 saturated carbocycles. The zero-order valence-corrected chi connectivity index (χ0v) is 16.5. The smallest absolute Gasteiger partial charge is 0.271 e. The summed E-state index contributed by atoms with van der Waals surface area (Å²) >= 11 is 0. The van der Waals surface area contributed by atoms with Crippen LogP contribution in [-0.2, 0) is 0 Å². The number of rotatable bonds is 4. The summed E-state index contributed by atoms with van der Waals surface area (Å²) in [4.78, 5) is 12.4. The maximum atomic E-state index is 12.4. The maximum absolute atomic E-state index is 12.4. The van der Waals surface area contributed by atoms with Crippen LogP contribution in [0.3, 0.4) is 0 Å². The molecule has 0 fully saturated rings. The van der Waals surface area contributed by atoms with Gasteiger partial charge < -0.3 is 5.32 Å². The Morgan fingerprint density at radius 3 is 2.57 bits per heavy atom. The van der Waals surface area contributed by atoms with E-state index >= 15 is 0 Å².